The lowest BCUT2D eigenvalue weighted by atomic mass is 9.67. The third-order valence-corrected chi connectivity index (χ3v) is 6.17. The summed E-state index contributed by atoms with van der Waals surface area (Å²) in [6.45, 7) is 2.00. The molecule has 29 heavy (non-hydrogen) atoms. The first-order chi connectivity index (χ1) is 14.1. The molecule has 1 fully saturated rings. The van der Waals surface area contributed by atoms with Crippen molar-refractivity contribution in [2.45, 2.75) is 57.3 Å². The number of ketones is 1. The van der Waals surface area contributed by atoms with E-state index in [4.69, 9.17) is 11.6 Å². The first-order valence-corrected chi connectivity index (χ1v) is 10.4. The van der Waals surface area contributed by atoms with Crippen LogP contribution in [0.4, 0.5) is 0 Å². The number of nitrogens with zero attached hydrogens (tertiary/aromatic N) is 5. The Kier molecular flexibility index (Phi) is 5.72. The topological polar surface area (TPSA) is 73.6 Å². The fraction of sp³-hybridized carbons (Fsp3) is 0.409. The molecule has 0 atom stereocenters. The Morgan fingerprint density at radius 2 is 1.90 bits per heavy atom. The van der Waals surface area contributed by atoms with Gasteiger partial charge in [-0.1, -0.05) is 36.9 Å². The van der Waals surface area contributed by atoms with E-state index in [2.05, 4.69) is 32.2 Å². The van der Waals surface area contributed by atoms with Crippen LogP contribution in [0.15, 0.2) is 43.0 Å². The van der Waals surface area contributed by atoms with Crippen molar-refractivity contribution in [1.82, 2.24) is 24.7 Å². The van der Waals surface area contributed by atoms with E-state index < -0.39 is 0 Å². The molecule has 0 saturated heterocycles. The van der Waals surface area contributed by atoms with Crippen molar-refractivity contribution in [2.24, 2.45) is 0 Å². The largest absolute Gasteiger partial charge is 0.294 e. The lowest BCUT2D eigenvalue weighted by Gasteiger charge is -2.37. The molecule has 0 spiro atoms. The molecule has 6 nitrogen and oxygen atoms in total. The third kappa shape index (κ3) is 4.22. The summed E-state index contributed by atoms with van der Waals surface area (Å²) < 4.78 is 1.45. The summed E-state index contributed by atoms with van der Waals surface area (Å²) >= 11 is 6.26. The highest BCUT2D eigenvalue weighted by Gasteiger charge is 2.34. The average Bonchev–Trinajstić information content (AvgIpc) is 3.15. The Hall–Kier alpha value is -2.60. The number of aryl methyl sites for hydroxylation is 1. The molecule has 0 N–H and O–H groups in total. The maximum absolute atomic E-state index is 13.0. The van der Waals surface area contributed by atoms with Crippen molar-refractivity contribution < 1.29 is 4.79 Å². The Balaban J connectivity index is 1.53. The molecule has 0 radical (unpaired) electrons. The number of hydrogen-bond acceptors (Lipinski definition) is 5. The fourth-order valence-corrected chi connectivity index (χ4v) is 4.47. The standard InChI is InChI=1S/C22H24ClN5O/c1-16-6-7-17(14-26-16)22(9-3-2-4-10-22)11-8-19(29)18-15-28(27-20(18)23)21-24-12-5-13-25-21/h5-7,12-15H,2-4,8-11H2,1H3. The zero-order valence-corrected chi connectivity index (χ0v) is 17.3. The highest BCUT2D eigenvalue weighted by atomic mass is 35.5. The number of rotatable bonds is 6. The van der Waals surface area contributed by atoms with Crippen molar-refractivity contribution in [1.29, 1.82) is 0 Å². The molecule has 4 rings (SSSR count). The number of carbonyl (C=O) groups excluding carboxylic acids is 1. The molecule has 0 bridgehead atoms. The summed E-state index contributed by atoms with van der Waals surface area (Å²) in [5, 5.41) is 4.40. The van der Waals surface area contributed by atoms with Crippen LogP contribution in [-0.2, 0) is 5.41 Å². The lowest BCUT2D eigenvalue weighted by molar-refractivity contribution is 0.0963. The second kappa shape index (κ2) is 8.41. The van der Waals surface area contributed by atoms with Crippen LogP contribution < -0.4 is 0 Å². The monoisotopic (exact) mass is 409 g/mol. The summed E-state index contributed by atoms with van der Waals surface area (Å²) in [6, 6.07) is 5.97. The number of halogens is 1. The van der Waals surface area contributed by atoms with Gasteiger partial charge >= 0.3 is 0 Å². The quantitative estimate of drug-likeness (QED) is 0.542. The Morgan fingerprint density at radius 1 is 1.14 bits per heavy atom. The van der Waals surface area contributed by atoms with Gasteiger partial charge in [0.1, 0.15) is 0 Å². The van der Waals surface area contributed by atoms with E-state index in [0.29, 0.717) is 17.9 Å². The van der Waals surface area contributed by atoms with E-state index in [9.17, 15) is 4.79 Å². The first kappa shape index (κ1) is 19.7. The second-order valence-corrected chi connectivity index (χ2v) is 8.14. The van der Waals surface area contributed by atoms with E-state index in [1.54, 1.807) is 24.7 Å². The lowest BCUT2D eigenvalue weighted by Crippen LogP contribution is -2.30. The molecule has 3 aromatic heterocycles. The second-order valence-electron chi connectivity index (χ2n) is 7.78. The van der Waals surface area contributed by atoms with Crippen LogP contribution in [0.2, 0.25) is 5.15 Å². The van der Waals surface area contributed by atoms with E-state index in [-0.39, 0.29) is 16.4 Å². The van der Waals surface area contributed by atoms with Crippen LogP contribution in [0.1, 0.15) is 66.6 Å². The number of pyridine rings is 1. The number of hydrogen-bond donors (Lipinski definition) is 0. The molecular weight excluding hydrogens is 386 g/mol. The first-order valence-electron chi connectivity index (χ1n) is 10.1. The van der Waals surface area contributed by atoms with Gasteiger partial charge < -0.3 is 0 Å². The predicted octanol–water partition coefficient (Wildman–Crippen LogP) is 4.88. The minimum atomic E-state index is 0.00204. The summed E-state index contributed by atoms with van der Waals surface area (Å²) in [7, 11) is 0. The highest BCUT2D eigenvalue weighted by molar-refractivity contribution is 6.32. The van der Waals surface area contributed by atoms with Crippen LogP contribution in [0.5, 0.6) is 0 Å². The van der Waals surface area contributed by atoms with Gasteiger partial charge in [0.05, 0.1) is 5.56 Å². The zero-order chi connectivity index (χ0) is 20.3. The molecule has 7 heteroatoms. The zero-order valence-electron chi connectivity index (χ0n) is 16.5. The van der Waals surface area contributed by atoms with Gasteiger partial charge in [-0.05, 0) is 49.3 Å². The van der Waals surface area contributed by atoms with Crippen LogP contribution in [0, 0.1) is 6.92 Å². The number of aromatic nitrogens is 5. The van der Waals surface area contributed by atoms with Gasteiger partial charge in [-0.25, -0.2) is 14.6 Å². The van der Waals surface area contributed by atoms with Gasteiger partial charge in [0.25, 0.3) is 0 Å². The molecule has 3 aromatic rings. The normalized spacial score (nSPS) is 15.9. The summed E-state index contributed by atoms with van der Waals surface area (Å²) in [5.74, 6) is 0.394. The highest BCUT2D eigenvalue weighted by Crippen LogP contribution is 2.43. The van der Waals surface area contributed by atoms with Crippen molar-refractivity contribution in [3.05, 3.63) is 65.0 Å². The summed E-state index contributed by atoms with van der Waals surface area (Å²) in [4.78, 5) is 25.8. The van der Waals surface area contributed by atoms with E-state index >= 15 is 0 Å². The molecule has 0 unspecified atom stereocenters. The van der Waals surface area contributed by atoms with Gasteiger partial charge in [-0.2, -0.15) is 5.10 Å². The van der Waals surface area contributed by atoms with Gasteiger partial charge in [0.2, 0.25) is 5.95 Å². The van der Waals surface area contributed by atoms with Crippen LogP contribution >= 0.6 is 11.6 Å². The molecule has 0 amide bonds. The maximum Gasteiger partial charge on any atom is 0.250 e. The number of Topliss-reactive ketones (excluding diaryl/α,β-unsaturated/α-hetero) is 1. The molecule has 1 saturated carbocycles. The molecule has 150 valence electrons. The molecule has 1 aliphatic rings. The Bertz CT molecular complexity index is 978. The Labute approximate surface area is 175 Å². The van der Waals surface area contributed by atoms with Gasteiger partial charge in [0.15, 0.2) is 10.9 Å². The summed E-state index contributed by atoms with van der Waals surface area (Å²) in [6.07, 6.45) is 13.9. The van der Waals surface area contributed by atoms with Crippen molar-refractivity contribution in [3.8, 4) is 5.95 Å². The smallest absolute Gasteiger partial charge is 0.250 e. The van der Waals surface area contributed by atoms with Gasteiger partial charge in [-0.3, -0.25) is 9.78 Å². The van der Waals surface area contributed by atoms with Crippen molar-refractivity contribution in [3.63, 3.8) is 0 Å². The maximum atomic E-state index is 13.0. The summed E-state index contributed by atoms with van der Waals surface area (Å²) in [5.41, 5.74) is 2.69. The molecule has 3 heterocycles. The van der Waals surface area contributed by atoms with E-state index in [0.717, 1.165) is 25.0 Å². The van der Waals surface area contributed by atoms with Crippen LogP contribution in [-0.4, -0.2) is 30.5 Å². The van der Waals surface area contributed by atoms with Crippen LogP contribution in [0.25, 0.3) is 5.95 Å². The molecule has 1 aliphatic carbocycles. The molecule has 0 aliphatic heterocycles. The third-order valence-electron chi connectivity index (χ3n) is 5.89. The van der Waals surface area contributed by atoms with Crippen LogP contribution in [0.3, 0.4) is 0 Å². The van der Waals surface area contributed by atoms with Crippen molar-refractivity contribution in [2.75, 3.05) is 0 Å². The van der Waals surface area contributed by atoms with E-state index in [1.165, 1.54) is 29.5 Å². The Morgan fingerprint density at radius 3 is 2.59 bits per heavy atom. The van der Waals surface area contributed by atoms with E-state index in [1.807, 2.05) is 13.1 Å². The molecule has 0 aromatic carbocycles. The van der Waals surface area contributed by atoms with Gasteiger partial charge in [-0.15, -0.1) is 0 Å². The minimum Gasteiger partial charge on any atom is -0.294 e. The van der Waals surface area contributed by atoms with Crippen molar-refractivity contribution >= 4 is 17.4 Å². The average molecular weight is 410 g/mol. The minimum absolute atomic E-state index is 0.00204. The number of carbonyl (C=O) groups is 1. The SMILES string of the molecule is Cc1ccc(C2(CCC(=O)c3cn(-c4ncccn4)nc3Cl)CCCCC2)cn1. The molecular formula is C22H24ClN5O. The fourth-order valence-electron chi connectivity index (χ4n) is 4.23. The predicted molar refractivity (Wildman–Crippen MR) is 111 cm³/mol. The van der Waals surface area contributed by atoms with Gasteiger partial charge in [0, 0.05) is 36.9 Å².